The largest absolute Gasteiger partial charge is 0.493 e. The average Bonchev–Trinajstić information content (AvgIpc) is 2.73. The number of amides is 2. The molecule has 0 spiro atoms. The van der Waals surface area contributed by atoms with Gasteiger partial charge in [-0.2, -0.15) is 0 Å². The van der Waals surface area contributed by atoms with E-state index in [0.717, 1.165) is 5.75 Å². The van der Waals surface area contributed by atoms with E-state index in [1.165, 1.54) is 0 Å². The van der Waals surface area contributed by atoms with E-state index in [1.807, 2.05) is 0 Å². The van der Waals surface area contributed by atoms with Gasteiger partial charge < -0.3 is 19.7 Å². The molecule has 1 N–H and O–H groups in total. The molecule has 0 atom stereocenters. The summed E-state index contributed by atoms with van der Waals surface area (Å²) in [6.07, 6.45) is 0. The molecule has 1 aliphatic heterocycles. The van der Waals surface area contributed by atoms with Crippen LogP contribution in [0.4, 0.5) is 5.69 Å². The maximum Gasteiger partial charge on any atom is 0.256 e. The van der Waals surface area contributed by atoms with Crippen molar-refractivity contribution in [2.45, 2.75) is 13.8 Å². The van der Waals surface area contributed by atoms with E-state index >= 15 is 0 Å². The highest BCUT2D eigenvalue weighted by Crippen LogP contribution is 2.20. The summed E-state index contributed by atoms with van der Waals surface area (Å²) in [4.78, 5) is 27.2. The molecule has 6 heteroatoms. The number of anilines is 1. The molecule has 28 heavy (non-hydrogen) atoms. The number of para-hydroxylation sites is 1. The van der Waals surface area contributed by atoms with Crippen LogP contribution in [0.15, 0.2) is 48.5 Å². The number of rotatable bonds is 6. The first-order valence-corrected chi connectivity index (χ1v) is 9.55. The molecule has 2 amide bonds. The van der Waals surface area contributed by atoms with Gasteiger partial charge in [-0.05, 0) is 42.3 Å². The number of nitrogens with zero attached hydrogens (tertiary/aromatic N) is 1. The van der Waals surface area contributed by atoms with Crippen molar-refractivity contribution in [3.05, 3.63) is 59.7 Å². The Hall–Kier alpha value is -2.86. The smallest absolute Gasteiger partial charge is 0.256 e. The second kappa shape index (κ2) is 9.37. The minimum absolute atomic E-state index is 0.100. The van der Waals surface area contributed by atoms with Gasteiger partial charge in [0, 0.05) is 18.7 Å². The summed E-state index contributed by atoms with van der Waals surface area (Å²) in [5.41, 5.74) is 1.49. The van der Waals surface area contributed by atoms with Crippen LogP contribution >= 0.6 is 0 Å². The highest BCUT2D eigenvalue weighted by Gasteiger charge is 2.21. The number of benzene rings is 2. The third-order valence-corrected chi connectivity index (χ3v) is 4.40. The molecular formula is C22H26N2O4. The van der Waals surface area contributed by atoms with Gasteiger partial charge in [-0.3, -0.25) is 9.59 Å². The molecule has 2 aromatic rings. The summed E-state index contributed by atoms with van der Waals surface area (Å²) in [5, 5.41) is 2.86. The number of carbonyl (C=O) groups excluding carboxylic acids is 2. The van der Waals surface area contributed by atoms with E-state index in [1.54, 1.807) is 53.4 Å². The van der Waals surface area contributed by atoms with E-state index < -0.39 is 0 Å². The number of morpholine rings is 1. The van der Waals surface area contributed by atoms with Crippen molar-refractivity contribution in [1.29, 1.82) is 0 Å². The van der Waals surface area contributed by atoms with Crippen LogP contribution < -0.4 is 10.1 Å². The zero-order valence-corrected chi connectivity index (χ0v) is 16.3. The lowest BCUT2D eigenvalue weighted by molar-refractivity contribution is 0.0303. The lowest BCUT2D eigenvalue weighted by Gasteiger charge is -2.27. The fourth-order valence-corrected chi connectivity index (χ4v) is 2.88. The fourth-order valence-electron chi connectivity index (χ4n) is 2.88. The Bertz CT molecular complexity index is 812. The second-order valence-electron chi connectivity index (χ2n) is 7.13. The van der Waals surface area contributed by atoms with Crippen LogP contribution in [0.5, 0.6) is 5.75 Å². The number of hydrogen-bond acceptors (Lipinski definition) is 4. The Kier molecular flexibility index (Phi) is 6.66. The molecule has 0 aromatic heterocycles. The van der Waals surface area contributed by atoms with Gasteiger partial charge in [0.1, 0.15) is 5.75 Å². The number of nitrogens with one attached hydrogen (secondary N) is 1. The highest BCUT2D eigenvalue weighted by atomic mass is 16.5. The van der Waals surface area contributed by atoms with Gasteiger partial charge in [-0.25, -0.2) is 0 Å². The standard InChI is InChI=1S/C22H26N2O4/c1-16(2)15-28-18-9-7-17(8-10-18)21(25)23-20-6-4-3-5-19(20)22(26)24-11-13-27-14-12-24/h3-10,16H,11-15H2,1-2H3,(H,23,25). The number of ether oxygens (including phenoxy) is 2. The number of carbonyl (C=O) groups is 2. The molecule has 2 aromatic carbocycles. The van der Waals surface area contributed by atoms with Crippen LogP contribution in [0.2, 0.25) is 0 Å². The zero-order valence-electron chi connectivity index (χ0n) is 16.3. The first kappa shape index (κ1) is 19.9. The van der Waals surface area contributed by atoms with E-state index in [9.17, 15) is 9.59 Å². The van der Waals surface area contributed by atoms with E-state index in [4.69, 9.17) is 9.47 Å². The predicted molar refractivity (Wildman–Crippen MR) is 108 cm³/mol. The molecular weight excluding hydrogens is 356 g/mol. The van der Waals surface area contributed by atoms with Crippen LogP contribution in [0.1, 0.15) is 34.6 Å². The van der Waals surface area contributed by atoms with Gasteiger partial charge in [0.15, 0.2) is 0 Å². The van der Waals surface area contributed by atoms with Gasteiger partial charge in [0.2, 0.25) is 0 Å². The monoisotopic (exact) mass is 382 g/mol. The summed E-state index contributed by atoms with van der Waals surface area (Å²) in [5.74, 6) is 0.797. The van der Waals surface area contributed by atoms with Crippen molar-refractivity contribution >= 4 is 17.5 Å². The van der Waals surface area contributed by atoms with Gasteiger partial charge in [-0.15, -0.1) is 0 Å². The van der Waals surface area contributed by atoms with Crippen molar-refractivity contribution in [1.82, 2.24) is 4.90 Å². The van der Waals surface area contributed by atoms with Crippen molar-refractivity contribution < 1.29 is 19.1 Å². The molecule has 0 bridgehead atoms. The van der Waals surface area contributed by atoms with E-state index in [0.29, 0.717) is 55.6 Å². The van der Waals surface area contributed by atoms with Gasteiger partial charge in [0.05, 0.1) is 31.1 Å². The molecule has 1 aliphatic rings. The SMILES string of the molecule is CC(C)COc1ccc(C(=O)Nc2ccccc2C(=O)N2CCOCC2)cc1. The minimum atomic E-state index is -0.266. The summed E-state index contributed by atoms with van der Waals surface area (Å²) in [7, 11) is 0. The van der Waals surface area contributed by atoms with Gasteiger partial charge in [-0.1, -0.05) is 26.0 Å². The lowest BCUT2D eigenvalue weighted by Crippen LogP contribution is -2.41. The Morgan fingerprint density at radius 1 is 1.07 bits per heavy atom. The Morgan fingerprint density at radius 3 is 2.43 bits per heavy atom. The maximum absolute atomic E-state index is 12.8. The second-order valence-corrected chi connectivity index (χ2v) is 7.13. The molecule has 0 unspecified atom stereocenters. The van der Waals surface area contributed by atoms with Crippen LogP contribution in [-0.4, -0.2) is 49.6 Å². The van der Waals surface area contributed by atoms with Crippen LogP contribution in [0, 0.1) is 5.92 Å². The molecule has 1 fully saturated rings. The van der Waals surface area contributed by atoms with Crippen LogP contribution in [0.3, 0.4) is 0 Å². The summed E-state index contributed by atoms with van der Waals surface area (Å²) < 4.78 is 11.0. The molecule has 148 valence electrons. The third-order valence-electron chi connectivity index (χ3n) is 4.40. The molecule has 1 heterocycles. The predicted octanol–water partition coefficient (Wildman–Crippen LogP) is 3.45. The van der Waals surface area contributed by atoms with Crippen LogP contribution in [-0.2, 0) is 4.74 Å². The van der Waals surface area contributed by atoms with Crippen molar-refractivity contribution in [3.63, 3.8) is 0 Å². The summed E-state index contributed by atoms with van der Waals surface area (Å²) in [6, 6.07) is 14.1. The molecule has 1 saturated heterocycles. The van der Waals surface area contributed by atoms with Gasteiger partial charge in [0.25, 0.3) is 11.8 Å². The Labute approximate surface area is 165 Å². The molecule has 0 saturated carbocycles. The van der Waals surface area contributed by atoms with Crippen molar-refractivity contribution in [2.75, 3.05) is 38.2 Å². The van der Waals surface area contributed by atoms with E-state index in [-0.39, 0.29) is 11.8 Å². The minimum Gasteiger partial charge on any atom is -0.493 e. The summed E-state index contributed by atoms with van der Waals surface area (Å²) >= 11 is 0. The summed E-state index contributed by atoms with van der Waals surface area (Å²) in [6.45, 7) is 6.96. The topological polar surface area (TPSA) is 67.9 Å². The Balaban J connectivity index is 1.69. The van der Waals surface area contributed by atoms with Gasteiger partial charge >= 0.3 is 0 Å². The number of hydrogen-bond donors (Lipinski definition) is 1. The molecule has 0 radical (unpaired) electrons. The molecule has 3 rings (SSSR count). The molecule has 0 aliphatic carbocycles. The zero-order chi connectivity index (χ0) is 19.9. The molecule has 6 nitrogen and oxygen atoms in total. The quantitative estimate of drug-likeness (QED) is 0.831. The van der Waals surface area contributed by atoms with Crippen molar-refractivity contribution in [2.24, 2.45) is 5.92 Å². The van der Waals surface area contributed by atoms with Crippen LogP contribution in [0.25, 0.3) is 0 Å². The maximum atomic E-state index is 12.8. The average molecular weight is 382 g/mol. The van der Waals surface area contributed by atoms with E-state index in [2.05, 4.69) is 19.2 Å². The first-order valence-electron chi connectivity index (χ1n) is 9.55. The highest BCUT2D eigenvalue weighted by molar-refractivity contribution is 6.09. The normalized spacial score (nSPS) is 14.0. The first-order chi connectivity index (χ1) is 13.5. The fraction of sp³-hybridized carbons (Fsp3) is 0.364. The lowest BCUT2D eigenvalue weighted by atomic mass is 10.1. The van der Waals surface area contributed by atoms with Crippen molar-refractivity contribution in [3.8, 4) is 5.75 Å². The Morgan fingerprint density at radius 2 is 1.75 bits per heavy atom. The third kappa shape index (κ3) is 5.10.